The summed E-state index contributed by atoms with van der Waals surface area (Å²) in [6.45, 7) is 3.94. The van der Waals surface area contributed by atoms with Gasteiger partial charge in [-0.05, 0) is 5.92 Å². The molecule has 1 atom stereocenters. The van der Waals surface area contributed by atoms with E-state index in [-0.39, 0.29) is 12.5 Å². The zero-order chi connectivity index (χ0) is 13.2. The molecule has 0 bridgehead atoms. The second-order valence-corrected chi connectivity index (χ2v) is 5.23. The highest BCUT2D eigenvalue weighted by Crippen LogP contribution is 2.24. The molecule has 1 rings (SSSR count). The Morgan fingerprint density at radius 2 is 1.88 bits per heavy atom. The number of hydrogen-bond donors (Lipinski definition) is 1. The Morgan fingerprint density at radius 1 is 1.29 bits per heavy atom. The highest BCUT2D eigenvalue weighted by Gasteiger charge is 2.22. The average molecular weight is 266 g/mol. The van der Waals surface area contributed by atoms with Crippen LogP contribution >= 0.6 is 0 Å². The molecule has 0 fully saturated rings. The van der Waals surface area contributed by atoms with Crippen LogP contribution in [0, 0.1) is 23.5 Å². The van der Waals surface area contributed by atoms with Crippen LogP contribution in [0.1, 0.15) is 13.8 Å². The van der Waals surface area contributed by atoms with Crippen LogP contribution < -0.4 is 5.32 Å². The number of halogens is 3. The maximum atomic E-state index is 13.7. The summed E-state index contributed by atoms with van der Waals surface area (Å²) < 4.78 is 51.2. The lowest BCUT2D eigenvalue weighted by Crippen LogP contribution is -2.14. The lowest BCUT2D eigenvalue weighted by atomic mass is 10.2. The molecular formula is C10H13F3N2OS. The first-order valence-electron chi connectivity index (χ1n) is 4.96. The van der Waals surface area contributed by atoms with E-state index in [9.17, 15) is 17.4 Å². The molecule has 1 N–H and O–H groups in total. The second kappa shape index (κ2) is 5.48. The molecule has 3 nitrogen and oxygen atoms in total. The maximum Gasteiger partial charge on any atom is 0.252 e. The zero-order valence-electron chi connectivity index (χ0n) is 9.68. The van der Waals surface area contributed by atoms with E-state index in [1.54, 1.807) is 0 Å². The average Bonchev–Trinajstić information content (AvgIpc) is 2.22. The number of anilines is 1. The fraction of sp³-hybridized carbons (Fsp3) is 0.500. The molecule has 0 saturated carbocycles. The van der Waals surface area contributed by atoms with Gasteiger partial charge in [-0.2, -0.15) is 8.78 Å². The Hall–Kier alpha value is -1.11. The summed E-state index contributed by atoms with van der Waals surface area (Å²) >= 11 is 0. The van der Waals surface area contributed by atoms with Crippen molar-refractivity contribution in [3.8, 4) is 0 Å². The minimum Gasteiger partial charge on any atom is -0.380 e. The van der Waals surface area contributed by atoms with Gasteiger partial charge in [-0.25, -0.2) is 9.37 Å². The summed E-state index contributed by atoms with van der Waals surface area (Å²) in [5, 5.41) is 1.86. The summed E-state index contributed by atoms with van der Waals surface area (Å²) in [5.74, 6) is -3.83. The fourth-order valence-corrected chi connectivity index (χ4v) is 1.71. The lowest BCUT2D eigenvalue weighted by molar-refractivity contribution is 0.449. The first-order chi connectivity index (χ1) is 7.84. The number of nitrogens with zero attached hydrogens (tertiary/aromatic N) is 1. The van der Waals surface area contributed by atoms with Crippen molar-refractivity contribution >= 4 is 16.5 Å². The van der Waals surface area contributed by atoms with Gasteiger partial charge in [0.05, 0.1) is 10.8 Å². The van der Waals surface area contributed by atoms with Gasteiger partial charge >= 0.3 is 0 Å². The van der Waals surface area contributed by atoms with Gasteiger partial charge in [-0.1, -0.05) is 13.8 Å². The van der Waals surface area contributed by atoms with Gasteiger partial charge in [0, 0.05) is 12.8 Å². The van der Waals surface area contributed by atoms with E-state index in [1.165, 1.54) is 0 Å². The van der Waals surface area contributed by atoms with E-state index in [1.807, 2.05) is 13.8 Å². The first kappa shape index (κ1) is 14.0. The number of rotatable bonds is 4. The molecule has 0 amide bonds. The van der Waals surface area contributed by atoms with Crippen LogP contribution in [0.3, 0.4) is 0 Å². The van der Waals surface area contributed by atoms with E-state index in [2.05, 4.69) is 10.3 Å². The Balaban J connectivity index is 3.22. The fourth-order valence-electron chi connectivity index (χ4n) is 1.15. The zero-order valence-corrected chi connectivity index (χ0v) is 10.5. The van der Waals surface area contributed by atoms with Crippen LogP contribution in [0.5, 0.6) is 0 Å². The van der Waals surface area contributed by atoms with Crippen molar-refractivity contribution in [2.45, 2.75) is 18.9 Å². The molecular weight excluding hydrogens is 253 g/mol. The van der Waals surface area contributed by atoms with E-state index >= 15 is 0 Å². The van der Waals surface area contributed by atoms with Crippen LogP contribution in [0.2, 0.25) is 0 Å². The Labute approximate surface area is 99.9 Å². The Bertz CT molecular complexity index is 452. The molecule has 0 aliphatic carbocycles. The molecule has 96 valence electrons. The smallest absolute Gasteiger partial charge is 0.252 e. The van der Waals surface area contributed by atoms with Crippen LogP contribution in [0.15, 0.2) is 5.03 Å². The lowest BCUT2D eigenvalue weighted by Gasteiger charge is -2.12. The van der Waals surface area contributed by atoms with Gasteiger partial charge in [0.2, 0.25) is 5.82 Å². The summed E-state index contributed by atoms with van der Waals surface area (Å²) in [6, 6.07) is 0. The third-order valence-corrected chi connectivity index (χ3v) is 2.78. The molecule has 0 spiro atoms. The number of pyridine rings is 1. The molecule has 0 aliphatic heterocycles. The van der Waals surface area contributed by atoms with E-state index in [0.29, 0.717) is 0 Å². The summed E-state index contributed by atoms with van der Waals surface area (Å²) in [7, 11) is -1.82. The van der Waals surface area contributed by atoms with Crippen LogP contribution in [0.4, 0.5) is 18.9 Å². The van der Waals surface area contributed by atoms with Crippen molar-refractivity contribution in [3.05, 3.63) is 17.6 Å². The molecule has 0 aromatic carbocycles. The van der Waals surface area contributed by atoms with Crippen molar-refractivity contribution in [1.82, 2.24) is 4.98 Å². The van der Waals surface area contributed by atoms with Crippen molar-refractivity contribution < 1.29 is 17.4 Å². The van der Waals surface area contributed by atoms with Crippen molar-refractivity contribution in [2.75, 3.05) is 18.1 Å². The molecule has 0 aliphatic rings. The SMILES string of the molecule is CC(C)CNc1c(F)c(F)nc(S(C)=O)c1F. The number of nitrogens with one attached hydrogen (secondary N) is 1. The van der Waals surface area contributed by atoms with Crippen molar-refractivity contribution in [2.24, 2.45) is 5.92 Å². The molecule has 17 heavy (non-hydrogen) atoms. The Kier molecular flexibility index (Phi) is 4.50. The highest BCUT2D eigenvalue weighted by atomic mass is 32.2. The molecule has 1 aromatic heterocycles. The molecule has 1 aromatic rings. The quantitative estimate of drug-likeness (QED) is 0.850. The van der Waals surface area contributed by atoms with E-state index in [0.717, 1.165) is 6.26 Å². The predicted molar refractivity (Wildman–Crippen MR) is 59.8 cm³/mol. The Morgan fingerprint density at radius 3 is 2.35 bits per heavy atom. The normalized spacial score (nSPS) is 12.9. The minimum atomic E-state index is -1.82. The van der Waals surface area contributed by atoms with Crippen LogP contribution in [0.25, 0.3) is 0 Å². The first-order valence-corrected chi connectivity index (χ1v) is 6.52. The minimum absolute atomic E-state index is 0.126. The monoisotopic (exact) mass is 266 g/mol. The molecule has 7 heteroatoms. The summed E-state index contributed by atoms with van der Waals surface area (Å²) in [6.07, 6.45) is 1.15. The molecule has 1 heterocycles. The molecule has 1 unspecified atom stereocenters. The van der Waals surface area contributed by atoms with Gasteiger partial charge in [0.25, 0.3) is 5.95 Å². The molecule has 0 saturated heterocycles. The van der Waals surface area contributed by atoms with Gasteiger partial charge in [-0.15, -0.1) is 0 Å². The topological polar surface area (TPSA) is 42.0 Å². The number of aromatic nitrogens is 1. The van der Waals surface area contributed by atoms with Crippen molar-refractivity contribution in [3.63, 3.8) is 0 Å². The summed E-state index contributed by atoms with van der Waals surface area (Å²) in [5.41, 5.74) is -0.614. The van der Waals surface area contributed by atoms with Gasteiger partial charge < -0.3 is 5.32 Å². The largest absolute Gasteiger partial charge is 0.380 e. The van der Waals surface area contributed by atoms with Crippen LogP contribution in [-0.4, -0.2) is 22.0 Å². The predicted octanol–water partition coefficient (Wildman–Crippen LogP) is 2.30. The van der Waals surface area contributed by atoms with Gasteiger partial charge in [0.1, 0.15) is 5.69 Å². The van der Waals surface area contributed by atoms with E-state index < -0.39 is 39.1 Å². The maximum absolute atomic E-state index is 13.7. The van der Waals surface area contributed by atoms with Gasteiger partial charge in [0.15, 0.2) is 10.8 Å². The van der Waals surface area contributed by atoms with Gasteiger partial charge in [-0.3, -0.25) is 4.21 Å². The standard InChI is InChI=1S/C10H13F3N2OS/c1-5(2)4-14-8-6(11)9(13)15-10(7(8)12)17(3)16/h5H,4H2,1-3H3,(H,14,15). The summed E-state index contributed by atoms with van der Waals surface area (Å²) in [4.78, 5) is 3.00. The number of hydrogen-bond acceptors (Lipinski definition) is 3. The molecule has 0 radical (unpaired) electrons. The van der Waals surface area contributed by atoms with E-state index in [4.69, 9.17) is 0 Å². The van der Waals surface area contributed by atoms with Crippen molar-refractivity contribution in [1.29, 1.82) is 0 Å². The third-order valence-electron chi connectivity index (χ3n) is 1.97. The highest BCUT2D eigenvalue weighted by molar-refractivity contribution is 7.84. The van der Waals surface area contributed by atoms with Crippen LogP contribution in [-0.2, 0) is 10.8 Å². The second-order valence-electron chi connectivity index (χ2n) is 3.94. The third kappa shape index (κ3) is 3.18.